The molecule has 0 spiro atoms. The first kappa shape index (κ1) is 12.3. The number of benzene rings is 3. The molecule has 4 rings (SSSR count). The molecular weight excluding hydrogens is 258 g/mol. The van der Waals surface area contributed by atoms with Gasteiger partial charge in [0, 0.05) is 23.3 Å². The van der Waals surface area contributed by atoms with Crippen LogP contribution in [0.3, 0.4) is 0 Å². The molecule has 21 heavy (non-hydrogen) atoms. The molecule has 0 bridgehead atoms. The highest BCUT2D eigenvalue weighted by Gasteiger charge is 2.13. The van der Waals surface area contributed by atoms with Gasteiger partial charge in [-0.1, -0.05) is 24.3 Å². The first-order valence-electron chi connectivity index (χ1n) is 7.15. The fraction of sp³-hybridized carbons (Fsp3) is 0.158. The van der Waals surface area contributed by atoms with Gasteiger partial charge in [-0.25, -0.2) is 0 Å². The molecule has 1 heterocycles. The number of hydrogen-bond acceptors (Lipinski definition) is 1. The quantitative estimate of drug-likeness (QED) is 0.486. The van der Waals surface area contributed by atoms with Crippen molar-refractivity contribution in [3.05, 3.63) is 54.1 Å². The van der Waals surface area contributed by atoms with Gasteiger partial charge < -0.3 is 9.30 Å². The van der Waals surface area contributed by atoms with Crippen LogP contribution in [0.1, 0.15) is 5.56 Å². The second-order valence-electron chi connectivity index (χ2n) is 5.56. The zero-order valence-corrected chi connectivity index (χ0v) is 12.5. The molecule has 0 saturated carbocycles. The van der Waals surface area contributed by atoms with Gasteiger partial charge in [0.15, 0.2) is 0 Å². The predicted molar refractivity (Wildman–Crippen MR) is 89.2 cm³/mol. The van der Waals surface area contributed by atoms with Crippen molar-refractivity contribution in [2.45, 2.75) is 6.92 Å². The Bertz CT molecular complexity index is 995. The summed E-state index contributed by atoms with van der Waals surface area (Å²) in [6.45, 7) is 2.21. The molecule has 3 aromatic carbocycles. The zero-order chi connectivity index (χ0) is 14.6. The first-order valence-corrected chi connectivity index (χ1v) is 7.15. The smallest absolute Gasteiger partial charge is 0.119 e. The lowest BCUT2D eigenvalue weighted by atomic mass is 10.0. The van der Waals surface area contributed by atoms with Crippen LogP contribution in [0.5, 0.6) is 5.75 Å². The van der Waals surface area contributed by atoms with E-state index in [1.807, 2.05) is 6.07 Å². The Kier molecular flexibility index (Phi) is 2.49. The van der Waals surface area contributed by atoms with Crippen LogP contribution in [0.15, 0.2) is 48.5 Å². The molecule has 0 unspecified atom stereocenters. The van der Waals surface area contributed by atoms with Gasteiger partial charge in [0.2, 0.25) is 0 Å². The zero-order valence-electron chi connectivity index (χ0n) is 12.5. The molecule has 0 radical (unpaired) electrons. The number of hydrogen-bond donors (Lipinski definition) is 0. The number of rotatable bonds is 1. The Morgan fingerprint density at radius 1 is 0.905 bits per heavy atom. The minimum Gasteiger partial charge on any atom is -0.497 e. The molecule has 2 nitrogen and oxygen atoms in total. The third-order valence-electron chi connectivity index (χ3n) is 4.47. The summed E-state index contributed by atoms with van der Waals surface area (Å²) >= 11 is 0. The molecule has 4 aromatic rings. The van der Waals surface area contributed by atoms with Crippen molar-refractivity contribution >= 4 is 32.6 Å². The predicted octanol–water partition coefficient (Wildman–Crippen LogP) is 4.80. The molecule has 0 aliphatic carbocycles. The molecule has 0 amide bonds. The minimum atomic E-state index is 0.904. The lowest BCUT2D eigenvalue weighted by Crippen LogP contribution is -1.90. The molecule has 104 valence electrons. The maximum atomic E-state index is 5.39. The van der Waals surface area contributed by atoms with Gasteiger partial charge in [-0.05, 0) is 47.5 Å². The normalized spacial score (nSPS) is 11.6. The molecule has 0 aliphatic heterocycles. The van der Waals surface area contributed by atoms with Gasteiger partial charge in [0.05, 0.1) is 12.6 Å². The number of aryl methyl sites for hydroxylation is 2. The van der Waals surface area contributed by atoms with E-state index < -0.39 is 0 Å². The van der Waals surface area contributed by atoms with Crippen molar-refractivity contribution in [1.82, 2.24) is 4.57 Å². The first-order chi connectivity index (χ1) is 10.2. The van der Waals surface area contributed by atoms with Gasteiger partial charge in [0.1, 0.15) is 5.75 Å². The van der Waals surface area contributed by atoms with Crippen molar-refractivity contribution in [2.24, 2.45) is 7.05 Å². The minimum absolute atomic E-state index is 0.904. The summed E-state index contributed by atoms with van der Waals surface area (Å²) in [7, 11) is 3.85. The van der Waals surface area contributed by atoms with E-state index in [0.29, 0.717) is 0 Å². The molecule has 0 atom stereocenters. The second-order valence-corrected chi connectivity index (χ2v) is 5.56. The lowest BCUT2D eigenvalue weighted by molar-refractivity contribution is 0.415. The van der Waals surface area contributed by atoms with Crippen molar-refractivity contribution in [3.63, 3.8) is 0 Å². The summed E-state index contributed by atoms with van der Waals surface area (Å²) in [5.74, 6) is 0.904. The van der Waals surface area contributed by atoms with Crippen LogP contribution in [-0.4, -0.2) is 11.7 Å². The molecule has 0 saturated heterocycles. The molecule has 1 aromatic heterocycles. The molecule has 0 aliphatic rings. The summed E-state index contributed by atoms with van der Waals surface area (Å²) in [5.41, 5.74) is 3.88. The standard InChI is InChI=1S/C19H17NO/c1-12-15-7-5-4-6-13(15)10-17-16-11-14(21-3)8-9-18(16)20(2)19(12)17/h4-11H,1-3H3. The Hall–Kier alpha value is -2.48. The van der Waals surface area contributed by atoms with Crippen LogP contribution >= 0.6 is 0 Å². The molecule has 0 N–H and O–H groups in total. The Morgan fingerprint density at radius 2 is 1.71 bits per heavy atom. The SMILES string of the molecule is COc1ccc2c(c1)c1cc3ccccc3c(C)c1n2C. The highest BCUT2D eigenvalue weighted by atomic mass is 16.5. The fourth-order valence-electron chi connectivity index (χ4n) is 3.43. The van der Waals surface area contributed by atoms with Crippen LogP contribution in [0.25, 0.3) is 32.6 Å². The van der Waals surface area contributed by atoms with Crippen molar-refractivity contribution in [3.8, 4) is 5.75 Å². The van der Waals surface area contributed by atoms with Gasteiger partial charge in [-0.15, -0.1) is 0 Å². The maximum Gasteiger partial charge on any atom is 0.119 e. The number of fused-ring (bicyclic) bond motifs is 4. The second kappa shape index (κ2) is 4.26. The molecule has 0 fully saturated rings. The monoisotopic (exact) mass is 275 g/mol. The van der Waals surface area contributed by atoms with E-state index in [9.17, 15) is 0 Å². The number of ether oxygens (including phenoxy) is 1. The average Bonchev–Trinajstić information content (AvgIpc) is 2.80. The highest BCUT2D eigenvalue weighted by molar-refractivity contribution is 6.14. The van der Waals surface area contributed by atoms with Crippen LogP contribution in [0, 0.1) is 6.92 Å². The lowest BCUT2D eigenvalue weighted by Gasteiger charge is -2.06. The third-order valence-corrected chi connectivity index (χ3v) is 4.47. The van der Waals surface area contributed by atoms with E-state index in [1.165, 1.54) is 38.1 Å². The van der Waals surface area contributed by atoms with Crippen LogP contribution < -0.4 is 4.74 Å². The largest absolute Gasteiger partial charge is 0.497 e. The van der Waals surface area contributed by atoms with Crippen molar-refractivity contribution < 1.29 is 4.74 Å². The third kappa shape index (κ3) is 1.59. The summed E-state index contributed by atoms with van der Waals surface area (Å²) < 4.78 is 7.67. The molecule has 2 heteroatoms. The summed E-state index contributed by atoms with van der Waals surface area (Å²) in [5, 5.41) is 5.16. The Labute approximate surface area is 123 Å². The van der Waals surface area contributed by atoms with E-state index in [-0.39, 0.29) is 0 Å². The van der Waals surface area contributed by atoms with E-state index in [0.717, 1.165) is 5.75 Å². The highest BCUT2D eigenvalue weighted by Crippen LogP contribution is 2.36. The topological polar surface area (TPSA) is 14.2 Å². The van der Waals surface area contributed by atoms with E-state index >= 15 is 0 Å². The number of methoxy groups -OCH3 is 1. The fourth-order valence-corrected chi connectivity index (χ4v) is 3.43. The van der Waals surface area contributed by atoms with Gasteiger partial charge in [-0.3, -0.25) is 0 Å². The van der Waals surface area contributed by atoms with Gasteiger partial charge in [-0.2, -0.15) is 0 Å². The van der Waals surface area contributed by atoms with E-state index in [2.05, 4.69) is 61.0 Å². The number of aromatic nitrogens is 1. The van der Waals surface area contributed by atoms with Crippen molar-refractivity contribution in [2.75, 3.05) is 7.11 Å². The van der Waals surface area contributed by atoms with Crippen LogP contribution in [0.4, 0.5) is 0 Å². The Balaban J connectivity index is 2.28. The van der Waals surface area contributed by atoms with Gasteiger partial charge >= 0.3 is 0 Å². The average molecular weight is 275 g/mol. The molecular formula is C19H17NO. The number of nitrogens with zero attached hydrogens (tertiary/aromatic N) is 1. The summed E-state index contributed by atoms with van der Waals surface area (Å²) in [4.78, 5) is 0. The summed E-state index contributed by atoms with van der Waals surface area (Å²) in [6, 6.07) is 17.2. The van der Waals surface area contributed by atoms with E-state index in [1.54, 1.807) is 7.11 Å². The van der Waals surface area contributed by atoms with Crippen LogP contribution in [0.2, 0.25) is 0 Å². The van der Waals surface area contributed by atoms with Crippen LogP contribution in [-0.2, 0) is 7.05 Å². The maximum absolute atomic E-state index is 5.39. The van der Waals surface area contributed by atoms with Gasteiger partial charge in [0.25, 0.3) is 0 Å². The summed E-state index contributed by atoms with van der Waals surface area (Å²) in [6.07, 6.45) is 0. The van der Waals surface area contributed by atoms with E-state index in [4.69, 9.17) is 4.74 Å². The van der Waals surface area contributed by atoms with Crippen molar-refractivity contribution in [1.29, 1.82) is 0 Å². The Morgan fingerprint density at radius 3 is 2.52 bits per heavy atom.